The van der Waals surface area contributed by atoms with Crippen LogP contribution < -0.4 is 0 Å². The third kappa shape index (κ3) is 10.0. The van der Waals surface area contributed by atoms with Crippen molar-refractivity contribution in [2.75, 3.05) is 6.61 Å². The lowest BCUT2D eigenvalue weighted by atomic mass is 9.87. The summed E-state index contributed by atoms with van der Waals surface area (Å²) in [6.45, 7) is 7.77. The molecule has 0 aromatic rings. The fourth-order valence-corrected chi connectivity index (χ4v) is 4.18. The Hall–Kier alpha value is -1.46. The Balaban J connectivity index is 2.37. The van der Waals surface area contributed by atoms with E-state index in [-0.39, 0.29) is 30.0 Å². The summed E-state index contributed by atoms with van der Waals surface area (Å²) in [5, 5.41) is 20.9. The van der Waals surface area contributed by atoms with E-state index < -0.39 is 11.7 Å². The summed E-state index contributed by atoms with van der Waals surface area (Å²) in [4.78, 5) is 23.0. The molecule has 30 heavy (non-hydrogen) atoms. The van der Waals surface area contributed by atoms with E-state index in [9.17, 15) is 19.8 Å². The van der Waals surface area contributed by atoms with Crippen LogP contribution in [0.3, 0.4) is 0 Å². The van der Waals surface area contributed by atoms with E-state index in [0.29, 0.717) is 19.4 Å². The maximum absolute atomic E-state index is 12.3. The number of hydrogen-bond donors (Lipinski definition) is 2. The van der Waals surface area contributed by atoms with Gasteiger partial charge in [0.1, 0.15) is 5.78 Å². The van der Waals surface area contributed by atoms with E-state index in [1.807, 2.05) is 12.2 Å². The highest BCUT2D eigenvalue weighted by Gasteiger charge is 2.39. The molecule has 0 aromatic carbocycles. The number of rotatable bonds is 16. The largest absolute Gasteiger partial charge is 0.466 e. The Bertz CT molecular complexity index is 556. The first-order valence-electron chi connectivity index (χ1n) is 11.7. The molecule has 0 amide bonds. The molecule has 172 valence electrons. The molecule has 1 aliphatic rings. The highest BCUT2D eigenvalue weighted by Crippen LogP contribution is 2.35. The van der Waals surface area contributed by atoms with Crippen molar-refractivity contribution in [3.63, 3.8) is 0 Å². The van der Waals surface area contributed by atoms with Crippen molar-refractivity contribution in [1.82, 2.24) is 0 Å². The van der Waals surface area contributed by atoms with E-state index >= 15 is 0 Å². The molecule has 5 nitrogen and oxygen atoms in total. The van der Waals surface area contributed by atoms with Gasteiger partial charge in [-0.2, -0.15) is 0 Å². The molecule has 4 atom stereocenters. The van der Waals surface area contributed by atoms with Crippen LogP contribution in [0, 0.1) is 11.8 Å². The number of ether oxygens (including phenoxy) is 1. The number of unbranched alkanes of at least 4 members (excludes halogenated alkanes) is 6. The van der Waals surface area contributed by atoms with Gasteiger partial charge in [-0.25, -0.2) is 0 Å². The zero-order chi connectivity index (χ0) is 22.4. The molecule has 0 aliphatic heterocycles. The minimum atomic E-state index is -0.912. The van der Waals surface area contributed by atoms with E-state index in [1.54, 1.807) is 6.08 Å². The Morgan fingerprint density at radius 2 is 1.87 bits per heavy atom. The highest BCUT2D eigenvalue weighted by molar-refractivity contribution is 5.84. The molecular weight excluding hydrogens is 380 g/mol. The van der Waals surface area contributed by atoms with Crippen molar-refractivity contribution in [1.29, 1.82) is 0 Å². The van der Waals surface area contributed by atoms with Gasteiger partial charge in [0, 0.05) is 25.2 Å². The number of aliphatic hydroxyl groups is 2. The standard InChI is InChI=1S/C25H42O5/c1-4-6-16-25(29,5-2)17-13-15-22-21(23(27)19-24(22)28)14-11-9-7-8-10-12-18-30-20(3)26/h5,13,15,21-22,24,28-29H,2,4,6-12,14,16-19H2,1,3H3/t21-,22-,24-,25?/m1/s1. The summed E-state index contributed by atoms with van der Waals surface area (Å²) in [6, 6.07) is 0. The van der Waals surface area contributed by atoms with Crippen LogP contribution in [0.4, 0.5) is 0 Å². The maximum Gasteiger partial charge on any atom is 0.302 e. The Morgan fingerprint density at radius 3 is 2.50 bits per heavy atom. The van der Waals surface area contributed by atoms with Crippen LogP contribution >= 0.6 is 0 Å². The summed E-state index contributed by atoms with van der Waals surface area (Å²) in [7, 11) is 0. The van der Waals surface area contributed by atoms with Crippen molar-refractivity contribution in [2.24, 2.45) is 11.8 Å². The summed E-state index contributed by atoms with van der Waals surface area (Å²) >= 11 is 0. The number of Topliss-reactive ketones (excluding diaryl/α,β-unsaturated/α-hetero) is 1. The Morgan fingerprint density at radius 1 is 1.20 bits per heavy atom. The van der Waals surface area contributed by atoms with Gasteiger partial charge in [-0.15, -0.1) is 6.58 Å². The zero-order valence-corrected chi connectivity index (χ0v) is 19.0. The molecule has 0 spiro atoms. The van der Waals surface area contributed by atoms with Gasteiger partial charge < -0.3 is 14.9 Å². The lowest BCUT2D eigenvalue weighted by Gasteiger charge is -2.23. The first-order valence-corrected chi connectivity index (χ1v) is 11.7. The molecule has 0 radical (unpaired) electrons. The van der Waals surface area contributed by atoms with Crippen molar-refractivity contribution in [3.8, 4) is 0 Å². The first-order chi connectivity index (χ1) is 14.3. The number of carbonyl (C=O) groups is 2. The van der Waals surface area contributed by atoms with Gasteiger partial charge in [0.2, 0.25) is 0 Å². The minimum absolute atomic E-state index is 0.118. The van der Waals surface area contributed by atoms with E-state index in [4.69, 9.17) is 4.74 Å². The molecule has 0 saturated heterocycles. The van der Waals surface area contributed by atoms with Gasteiger partial charge in [0.25, 0.3) is 0 Å². The fraction of sp³-hybridized carbons (Fsp3) is 0.760. The summed E-state index contributed by atoms with van der Waals surface area (Å²) in [6.07, 6.45) is 15.2. The molecule has 1 fully saturated rings. The van der Waals surface area contributed by atoms with Crippen LogP contribution in [-0.4, -0.2) is 40.3 Å². The van der Waals surface area contributed by atoms with E-state index in [0.717, 1.165) is 57.8 Å². The quantitative estimate of drug-likeness (QED) is 0.210. The smallest absolute Gasteiger partial charge is 0.302 e. The van der Waals surface area contributed by atoms with Crippen LogP contribution in [0.2, 0.25) is 0 Å². The maximum atomic E-state index is 12.3. The lowest BCUT2D eigenvalue weighted by Crippen LogP contribution is -2.25. The second-order valence-corrected chi connectivity index (χ2v) is 8.72. The monoisotopic (exact) mass is 422 g/mol. The topological polar surface area (TPSA) is 83.8 Å². The third-order valence-electron chi connectivity index (χ3n) is 6.12. The number of ketones is 1. The molecule has 2 N–H and O–H groups in total. The second-order valence-electron chi connectivity index (χ2n) is 8.72. The molecule has 1 saturated carbocycles. The number of carbonyl (C=O) groups excluding carboxylic acids is 2. The van der Waals surface area contributed by atoms with Gasteiger partial charge in [0.15, 0.2) is 0 Å². The third-order valence-corrected chi connectivity index (χ3v) is 6.12. The number of hydrogen-bond acceptors (Lipinski definition) is 5. The number of esters is 1. The van der Waals surface area contributed by atoms with E-state index in [1.165, 1.54) is 6.92 Å². The summed E-state index contributed by atoms with van der Waals surface area (Å²) in [5.74, 6) is -0.338. The normalized spacial score (nSPS) is 23.6. The predicted molar refractivity (Wildman–Crippen MR) is 120 cm³/mol. The highest BCUT2D eigenvalue weighted by atomic mass is 16.5. The Labute approximate surface area is 182 Å². The average Bonchev–Trinajstić information content (AvgIpc) is 2.97. The number of aliphatic hydroxyl groups excluding tert-OH is 1. The molecular formula is C25H42O5. The summed E-state index contributed by atoms with van der Waals surface area (Å²) in [5.41, 5.74) is -0.912. The van der Waals surface area contributed by atoms with Gasteiger partial charge in [-0.1, -0.05) is 70.1 Å². The fourth-order valence-electron chi connectivity index (χ4n) is 4.18. The second kappa shape index (κ2) is 14.5. The molecule has 0 heterocycles. The SMILES string of the molecule is C=CC(O)(CC=C[C@H]1[C@H](O)CC(=O)[C@@H]1CCCCCCCCOC(C)=O)CCCC. The van der Waals surface area contributed by atoms with Crippen LogP contribution in [0.25, 0.3) is 0 Å². The molecule has 5 heteroatoms. The van der Waals surface area contributed by atoms with Crippen molar-refractivity contribution >= 4 is 11.8 Å². The van der Waals surface area contributed by atoms with Crippen molar-refractivity contribution in [3.05, 3.63) is 24.8 Å². The van der Waals surface area contributed by atoms with Gasteiger partial charge in [-0.3, -0.25) is 9.59 Å². The first kappa shape index (κ1) is 26.6. The van der Waals surface area contributed by atoms with Gasteiger partial charge in [0.05, 0.1) is 18.3 Å². The van der Waals surface area contributed by atoms with Crippen molar-refractivity contribution in [2.45, 2.75) is 103 Å². The van der Waals surface area contributed by atoms with Gasteiger partial charge in [-0.05, 0) is 25.7 Å². The summed E-state index contributed by atoms with van der Waals surface area (Å²) < 4.78 is 4.92. The van der Waals surface area contributed by atoms with Crippen LogP contribution in [0.1, 0.15) is 90.9 Å². The van der Waals surface area contributed by atoms with Crippen LogP contribution in [0.15, 0.2) is 24.8 Å². The molecule has 1 unspecified atom stereocenters. The van der Waals surface area contributed by atoms with Crippen molar-refractivity contribution < 1.29 is 24.5 Å². The van der Waals surface area contributed by atoms with Crippen LogP contribution in [0.5, 0.6) is 0 Å². The average molecular weight is 423 g/mol. The zero-order valence-electron chi connectivity index (χ0n) is 19.0. The minimum Gasteiger partial charge on any atom is -0.466 e. The molecule has 0 aromatic heterocycles. The molecule has 0 bridgehead atoms. The lowest BCUT2D eigenvalue weighted by molar-refractivity contribution is -0.141. The predicted octanol–water partition coefficient (Wildman–Crippen LogP) is 4.90. The molecule has 1 rings (SSSR count). The molecule has 1 aliphatic carbocycles. The van der Waals surface area contributed by atoms with E-state index in [2.05, 4.69) is 13.5 Å². The Kier molecular flexibility index (Phi) is 12.9. The van der Waals surface area contributed by atoms with Crippen LogP contribution in [-0.2, 0) is 14.3 Å². The van der Waals surface area contributed by atoms with Gasteiger partial charge >= 0.3 is 5.97 Å².